The first-order valence-corrected chi connectivity index (χ1v) is 8.14. The van der Waals surface area contributed by atoms with Crippen molar-refractivity contribution in [2.75, 3.05) is 0 Å². The molecule has 0 N–H and O–H groups in total. The van der Waals surface area contributed by atoms with E-state index < -0.39 is 0 Å². The Labute approximate surface area is 149 Å². The van der Waals surface area contributed by atoms with Crippen molar-refractivity contribution < 1.29 is 13.7 Å². The Morgan fingerprint density at radius 1 is 1.08 bits per heavy atom. The molecule has 6 nitrogen and oxygen atoms in total. The Hall–Kier alpha value is -3.59. The molecule has 0 amide bonds. The maximum Gasteiger partial charge on any atom is 0.256 e. The van der Waals surface area contributed by atoms with Gasteiger partial charge in [-0.2, -0.15) is 4.98 Å². The zero-order valence-corrected chi connectivity index (χ0v) is 14.3. The third-order valence-electron chi connectivity index (χ3n) is 3.83. The Bertz CT molecular complexity index is 1120. The number of hydrogen-bond donors (Lipinski definition) is 0. The SMILES string of the molecule is [C-]#[N+]c1cc(-c2nc(-c3ccc4occc4c3)no2)ccc1OC(C)C. The molecule has 2 aromatic heterocycles. The van der Waals surface area contributed by atoms with Crippen molar-refractivity contribution in [3.05, 3.63) is 60.1 Å². The lowest BCUT2D eigenvalue weighted by atomic mass is 10.1. The first-order valence-electron chi connectivity index (χ1n) is 8.14. The number of benzene rings is 2. The average Bonchev–Trinajstić information content (AvgIpc) is 3.30. The van der Waals surface area contributed by atoms with Crippen molar-refractivity contribution in [2.45, 2.75) is 20.0 Å². The molecular formula is C20H15N3O3. The van der Waals surface area contributed by atoms with Crippen LogP contribution < -0.4 is 4.74 Å². The molecule has 0 atom stereocenters. The van der Waals surface area contributed by atoms with Gasteiger partial charge in [-0.25, -0.2) is 4.85 Å². The topological polar surface area (TPSA) is 65.7 Å². The maximum absolute atomic E-state index is 7.36. The molecule has 0 saturated heterocycles. The van der Waals surface area contributed by atoms with Crippen molar-refractivity contribution in [1.29, 1.82) is 0 Å². The van der Waals surface area contributed by atoms with Crippen LogP contribution in [0.15, 0.2) is 57.7 Å². The summed E-state index contributed by atoms with van der Waals surface area (Å²) in [5.41, 5.74) is 2.73. The van der Waals surface area contributed by atoms with Gasteiger partial charge in [-0.15, -0.1) is 0 Å². The Balaban J connectivity index is 1.68. The van der Waals surface area contributed by atoms with Crippen molar-refractivity contribution in [2.24, 2.45) is 0 Å². The van der Waals surface area contributed by atoms with Gasteiger partial charge in [-0.05, 0) is 56.3 Å². The predicted molar refractivity (Wildman–Crippen MR) is 97.0 cm³/mol. The lowest BCUT2D eigenvalue weighted by Crippen LogP contribution is -2.05. The molecule has 6 heteroatoms. The van der Waals surface area contributed by atoms with Gasteiger partial charge in [-0.1, -0.05) is 5.16 Å². The van der Waals surface area contributed by atoms with Crippen LogP contribution in [0.3, 0.4) is 0 Å². The standard InChI is InChI=1S/C20H15N3O3/c1-12(2)25-18-7-5-15(11-16(18)21-3)20-22-19(23-26-20)14-4-6-17-13(10-14)8-9-24-17/h4-12H,1-2H3. The number of nitrogens with zero attached hydrogens (tertiary/aromatic N) is 3. The molecular weight excluding hydrogens is 330 g/mol. The van der Waals surface area contributed by atoms with Crippen LogP contribution >= 0.6 is 0 Å². The predicted octanol–water partition coefficient (Wildman–Crippen LogP) is 5.49. The number of rotatable bonds is 4. The molecule has 2 aromatic carbocycles. The second-order valence-corrected chi connectivity index (χ2v) is 6.06. The van der Waals surface area contributed by atoms with E-state index >= 15 is 0 Å². The molecule has 0 spiro atoms. The highest BCUT2D eigenvalue weighted by Crippen LogP contribution is 2.34. The molecule has 2 heterocycles. The van der Waals surface area contributed by atoms with Crippen LogP contribution in [0.4, 0.5) is 5.69 Å². The molecule has 0 radical (unpaired) electrons. The molecule has 0 aliphatic heterocycles. The highest BCUT2D eigenvalue weighted by molar-refractivity contribution is 5.82. The highest BCUT2D eigenvalue weighted by Gasteiger charge is 2.14. The molecule has 0 unspecified atom stereocenters. The van der Waals surface area contributed by atoms with Crippen LogP contribution in [0.2, 0.25) is 0 Å². The van der Waals surface area contributed by atoms with E-state index in [1.807, 2.05) is 44.2 Å². The Morgan fingerprint density at radius 3 is 2.73 bits per heavy atom. The Morgan fingerprint density at radius 2 is 1.92 bits per heavy atom. The summed E-state index contributed by atoms with van der Waals surface area (Å²) in [6.45, 7) is 11.2. The molecule has 128 valence electrons. The summed E-state index contributed by atoms with van der Waals surface area (Å²) in [5, 5.41) is 5.03. The lowest BCUT2D eigenvalue weighted by molar-refractivity contribution is 0.244. The normalized spacial score (nSPS) is 11.0. The quantitative estimate of drug-likeness (QED) is 0.458. The monoisotopic (exact) mass is 345 g/mol. The van der Waals surface area contributed by atoms with Gasteiger partial charge in [0.25, 0.3) is 5.89 Å². The molecule has 4 rings (SSSR count). The summed E-state index contributed by atoms with van der Waals surface area (Å²) >= 11 is 0. The minimum Gasteiger partial charge on any atom is -0.502 e. The summed E-state index contributed by atoms with van der Waals surface area (Å²) in [5.74, 6) is 1.38. The first-order chi connectivity index (χ1) is 12.6. The van der Waals surface area contributed by atoms with Gasteiger partial charge in [-0.3, -0.25) is 0 Å². The molecule has 26 heavy (non-hydrogen) atoms. The van der Waals surface area contributed by atoms with Crippen LogP contribution in [-0.2, 0) is 0 Å². The third-order valence-corrected chi connectivity index (χ3v) is 3.83. The maximum atomic E-state index is 7.36. The number of hydrogen-bond acceptors (Lipinski definition) is 5. The van der Waals surface area contributed by atoms with Gasteiger partial charge in [0.15, 0.2) is 0 Å². The Kier molecular flexibility index (Phi) is 3.90. The van der Waals surface area contributed by atoms with Gasteiger partial charge >= 0.3 is 0 Å². The molecule has 0 saturated carbocycles. The first kappa shape index (κ1) is 15.9. The summed E-state index contributed by atoms with van der Waals surface area (Å²) < 4.78 is 16.4. The van der Waals surface area contributed by atoms with Gasteiger partial charge in [0.1, 0.15) is 11.3 Å². The minimum atomic E-state index is -0.00537. The second kappa shape index (κ2) is 6.37. The van der Waals surface area contributed by atoms with Gasteiger partial charge in [0.05, 0.1) is 18.9 Å². The third kappa shape index (κ3) is 2.91. The zero-order chi connectivity index (χ0) is 18.1. The van der Waals surface area contributed by atoms with E-state index in [0.717, 1.165) is 16.5 Å². The van der Waals surface area contributed by atoms with Crippen LogP contribution in [-0.4, -0.2) is 16.2 Å². The fourth-order valence-corrected chi connectivity index (χ4v) is 2.66. The fraction of sp³-hybridized carbons (Fsp3) is 0.150. The molecule has 0 bridgehead atoms. The summed E-state index contributed by atoms with van der Waals surface area (Å²) in [7, 11) is 0. The zero-order valence-electron chi connectivity index (χ0n) is 14.3. The van der Waals surface area contributed by atoms with Crippen molar-refractivity contribution in [3.8, 4) is 28.6 Å². The minimum absolute atomic E-state index is 0.00537. The van der Waals surface area contributed by atoms with E-state index in [4.69, 9.17) is 20.2 Å². The summed E-state index contributed by atoms with van der Waals surface area (Å²) in [6, 6.07) is 12.8. The van der Waals surface area contributed by atoms with E-state index in [9.17, 15) is 0 Å². The molecule has 0 aliphatic rings. The van der Waals surface area contributed by atoms with E-state index in [2.05, 4.69) is 15.0 Å². The van der Waals surface area contributed by atoms with Crippen molar-refractivity contribution in [1.82, 2.24) is 10.1 Å². The summed E-state index contributed by atoms with van der Waals surface area (Å²) in [4.78, 5) is 7.98. The molecule has 4 aromatic rings. The van der Waals surface area contributed by atoms with Crippen LogP contribution in [0.5, 0.6) is 5.75 Å². The van der Waals surface area contributed by atoms with Crippen molar-refractivity contribution in [3.63, 3.8) is 0 Å². The van der Waals surface area contributed by atoms with Crippen LogP contribution in [0.1, 0.15) is 13.8 Å². The summed E-state index contributed by atoms with van der Waals surface area (Å²) in [6.07, 6.45) is 1.64. The smallest absolute Gasteiger partial charge is 0.256 e. The van der Waals surface area contributed by atoms with Gasteiger partial charge < -0.3 is 13.7 Å². The molecule has 0 fully saturated rings. The average molecular weight is 345 g/mol. The number of aromatic nitrogens is 2. The van der Waals surface area contributed by atoms with Crippen molar-refractivity contribution >= 4 is 16.7 Å². The van der Waals surface area contributed by atoms with Crippen LogP contribution in [0.25, 0.3) is 38.7 Å². The second-order valence-electron chi connectivity index (χ2n) is 6.06. The molecule has 0 aliphatic carbocycles. The van der Waals surface area contributed by atoms with E-state index in [1.54, 1.807) is 18.4 Å². The fourth-order valence-electron chi connectivity index (χ4n) is 2.66. The van der Waals surface area contributed by atoms with E-state index in [1.165, 1.54) is 0 Å². The largest absolute Gasteiger partial charge is 0.502 e. The van der Waals surface area contributed by atoms with E-state index in [-0.39, 0.29) is 6.10 Å². The van der Waals surface area contributed by atoms with Crippen LogP contribution in [0, 0.1) is 6.57 Å². The number of fused-ring (bicyclic) bond motifs is 1. The number of ether oxygens (including phenoxy) is 1. The lowest BCUT2D eigenvalue weighted by Gasteiger charge is -2.11. The van der Waals surface area contributed by atoms with E-state index in [0.29, 0.717) is 28.7 Å². The van der Waals surface area contributed by atoms with Gasteiger partial charge in [0.2, 0.25) is 11.5 Å². The van der Waals surface area contributed by atoms with Gasteiger partial charge in [0, 0.05) is 16.5 Å². The highest BCUT2D eigenvalue weighted by atomic mass is 16.5. The number of furan rings is 1.